The summed E-state index contributed by atoms with van der Waals surface area (Å²) in [5.41, 5.74) is 1.64. The van der Waals surface area contributed by atoms with Crippen molar-refractivity contribution in [3.8, 4) is 11.5 Å². The third-order valence-electron chi connectivity index (χ3n) is 3.34. The van der Waals surface area contributed by atoms with Crippen LogP contribution in [0.5, 0.6) is 11.5 Å². The Bertz CT molecular complexity index is 585. The van der Waals surface area contributed by atoms with Crippen LogP contribution in [0.4, 0.5) is 0 Å². The van der Waals surface area contributed by atoms with Gasteiger partial charge < -0.3 is 9.47 Å². The summed E-state index contributed by atoms with van der Waals surface area (Å²) in [6.07, 6.45) is 3.39. The Morgan fingerprint density at radius 3 is 2.18 bits per heavy atom. The smallest absolute Gasteiger partial charge is 0.343 e. The fourth-order valence-electron chi connectivity index (χ4n) is 2.00. The van der Waals surface area contributed by atoms with Crippen LogP contribution in [0.15, 0.2) is 48.5 Å². The number of rotatable bonds is 7. The summed E-state index contributed by atoms with van der Waals surface area (Å²) < 4.78 is 11.0. The van der Waals surface area contributed by atoms with Crippen LogP contribution in [0.25, 0.3) is 0 Å². The highest BCUT2D eigenvalue weighted by molar-refractivity contribution is 5.91. The summed E-state index contributed by atoms with van der Waals surface area (Å²) >= 11 is 0. The van der Waals surface area contributed by atoms with E-state index in [0.717, 1.165) is 17.7 Å². The van der Waals surface area contributed by atoms with Crippen molar-refractivity contribution in [2.45, 2.75) is 33.1 Å². The minimum atomic E-state index is -0.360. The zero-order chi connectivity index (χ0) is 15.8. The summed E-state index contributed by atoms with van der Waals surface area (Å²) in [6.45, 7) is 4.86. The monoisotopic (exact) mass is 298 g/mol. The molecular weight excluding hydrogens is 276 g/mol. The average molecular weight is 298 g/mol. The van der Waals surface area contributed by atoms with Crippen LogP contribution in [-0.2, 0) is 0 Å². The van der Waals surface area contributed by atoms with Gasteiger partial charge in [0, 0.05) is 0 Å². The second kappa shape index (κ2) is 8.23. The standard InChI is InChI=1S/C19H22O3/c1-3-4-5-14-21-17-12-8-16(9-13-17)19(20)22-18-10-6-15(2)7-11-18/h6-13H,3-5,14H2,1-2H3. The van der Waals surface area contributed by atoms with Crippen molar-refractivity contribution in [1.82, 2.24) is 0 Å². The van der Waals surface area contributed by atoms with E-state index < -0.39 is 0 Å². The largest absolute Gasteiger partial charge is 0.494 e. The molecular formula is C19H22O3. The molecule has 0 heterocycles. The minimum absolute atomic E-state index is 0.360. The van der Waals surface area contributed by atoms with E-state index in [1.807, 2.05) is 19.1 Å². The van der Waals surface area contributed by atoms with Crippen LogP contribution in [0.2, 0.25) is 0 Å². The Hall–Kier alpha value is -2.29. The third kappa shape index (κ3) is 4.92. The molecule has 0 saturated carbocycles. The Labute approximate surface area is 131 Å². The molecule has 116 valence electrons. The molecule has 0 bridgehead atoms. The molecule has 0 saturated heterocycles. The average Bonchev–Trinajstić information content (AvgIpc) is 2.54. The van der Waals surface area contributed by atoms with Crippen molar-refractivity contribution in [3.05, 3.63) is 59.7 Å². The summed E-state index contributed by atoms with van der Waals surface area (Å²) in [6, 6.07) is 14.5. The zero-order valence-corrected chi connectivity index (χ0v) is 13.2. The van der Waals surface area contributed by atoms with Gasteiger partial charge >= 0.3 is 5.97 Å². The molecule has 3 heteroatoms. The van der Waals surface area contributed by atoms with Crippen molar-refractivity contribution >= 4 is 5.97 Å². The molecule has 3 nitrogen and oxygen atoms in total. The maximum Gasteiger partial charge on any atom is 0.343 e. The second-order valence-electron chi connectivity index (χ2n) is 5.28. The lowest BCUT2D eigenvalue weighted by molar-refractivity contribution is 0.0734. The number of aryl methyl sites for hydroxylation is 1. The van der Waals surface area contributed by atoms with Crippen LogP contribution < -0.4 is 9.47 Å². The number of hydrogen-bond acceptors (Lipinski definition) is 3. The van der Waals surface area contributed by atoms with Crippen LogP contribution >= 0.6 is 0 Å². The van der Waals surface area contributed by atoms with Gasteiger partial charge in [-0.2, -0.15) is 0 Å². The van der Waals surface area contributed by atoms with Gasteiger partial charge in [0.2, 0.25) is 0 Å². The van der Waals surface area contributed by atoms with Crippen molar-refractivity contribution in [2.75, 3.05) is 6.61 Å². The molecule has 2 aromatic carbocycles. The number of hydrogen-bond donors (Lipinski definition) is 0. The molecule has 0 unspecified atom stereocenters. The SMILES string of the molecule is CCCCCOc1ccc(C(=O)Oc2ccc(C)cc2)cc1. The first-order valence-corrected chi connectivity index (χ1v) is 7.71. The van der Waals surface area contributed by atoms with Crippen molar-refractivity contribution in [3.63, 3.8) is 0 Å². The number of unbranched alkanes of at least 4 members (excludes halogenated alkanes) is 2. The maximum absolute atomic E-state index is 12.0. The summed E-state index contributed by atoms with van der Waals surface area (Å²) in [7, 11) is 0. The van der Waals surface area contributed by atoms with E-state index in [9.17, 15) is 4.79 Å². The summed E-state index contributed by atoms with van der Waals surface area (Å²) in [5, 5.41) is 0. The molecule has 0 aliphatic heterocycles. The Balaban J connectivity index is 1.89. The van der Waals surface area contributed by atoms with Gasteiger partial charge in [-0.3, -0.25) is 0 Å². The Morgan fingerprint density at radius 2 is 1.55 bits per heavy atom. The molecule has 0 N–H and O–H groups in total. The van der Waals surface area contributed by atoms with Gasteiger partial charge in [-0.05, 0) is 49.7 Å². The molecule has 0 aromatic heterocycles. The number of carbonyl (C=O) groups excluding carboxylic acids is 1. The van der Waals surface area contributed by atoms with Gasteiger partial charge in [0.05, 0.1) is 12.2 Å². The second-order valence-corrected chi connectivity index (χ2v) is 5.28. The predicted octanol–water partition coefficient (Wildman–Crippen LogP) is 4.78. The Morgan fingerprint density at radius 1 is 0.909 bits per heavy atom. The van der Waals surface area contributed by atoms with Crippen LogP contribution in [0, 0.1) is 6.92 Å². The highest BCUT2D eigenvalue weighted by Crippen LogP contribution is 2.16. The van der Waals surface area contributed by atoms with Gasteiger partial charge in [0.25, 0.3) is 0 Å². The lowest BCUT2D eigenvalue weighted by Crippen LogP contribution is -2.08. The number of carbonyl (C=O) groups is 1. The van der Waals surface area contributed by atoms with Crippen molar-refractivity contribution < 1.29 is 14.3 Å². The van der Waals surface area contributed by atoms with Crippen LogP contribution in [-0.4, -0.2) is 12.6 Å². The van der Waals surface area contributed by atoms with E-state index in [1.165, 1.54) is 12.8 Å². The molecule has 2 aromatic rings. The van der Waals surface area contributed by atoms with Crippen LogP contribution in [0.1, 0.15) is 42.1 Å². The first-order valence-electron chi connectivity index (χ1n) is 7.71. The van der Waals surface area contributed by atoms with E-state index in [4.69, 9.17) is 9.47 Å². The highest BCUT2D eigenvalue weighted by Gasteiger charge is 2.08. The molecule has 0 radical (unpaired) electrons. The molecule has 0 aliphatic rings. The van der Waals surface area contributed by atoms with Gasteiger partial charge in [-0.1, -0.05) is 37.5 Å². The molecule has 0 atom stereocenters. The number of esters is 1. The molecule has 2 rings (SSSR count). The molecule has 0 spiro atoms. The highest BCUT2D eigenvalue weighted by atomic mass is 16.5. The van der Waals surface area contributed by atoms with E-state index in [1.54, 1.807) is 36.4 Å². The normalized spacial score (nSPS) is 10.3. The van der Waals surface area contributed by atoms with Crippen molar-refractivity contribution in [1.29, 1.82) is 0 Å². The topological polar surface area (TPSA) is 35.5 Å². The first-order chi connectivity index (χ1) is 10.7. The predicted molar refractivity (Wildman–Crippen MR) is 87.6 cm³/mol. The summed E-state index contributed by atoms with van der Waals surface area (Å²) in [4.78, 5) is 12.0. The molecule has 0 amide bonds. The molecule has 22 heavy (non-hydrogen) atoms. The minimum Gasteiger partial charge on any atom is -0.494 e. The van der Waals surface area contributed by atoms with E-state index >= 15 is 0 Å². The lowest BCUT2D eigenvalue weighted by atomic mass is 10.2. The Kier molecular flexibility index (Phi) is 6.01. The van der Waals surface area contributed by atoms with Gasteiger partial charge in [-0.15, -0.1) is 0 Å². The first kappa shape index (κ1) is 16.1. The molecule has 0 aliphatic carbocycles. The van der Waals surface area contributed by atoms with E-state index in [0.29, 0.717) is 17.9 Å². The zero-order valence-electron chi connectivity index (χ0n) is 13.2. The van der Waals surface area contributed by atoms with E-state index in [2.05, 4.69) is 6.92 Å². The fourth-order valence-corrected chi connectivity index (χ4v) is 2.00. The fraction of sp³-hybridized carbons (Fsp3) is 0.316. The molecule has 0 fully saturated rings. The van der Waals surface area contributed by atoms with Crippen LogP contribution in [0.3, 0.4) is 0 Å². The maximum atomic E-state index is 12.0. The lowest BCUT2D eigenvalue weighted by Gasteiger charge is -2.07. The van der Waals surface area contributed by atoms with E-state index in [-0.39, 0.29) is 5.97 Å². The van der Waals surface area contributed by atoms with Gasteiger partial charge in [0.1, 0.15) is 11.5 Å². The van der Waals surface area contributed by atoms with Gasteiger partial charge in [0.15, 0.2) is 0 Å². The number of ether oxygens (including phenoxy) is 2. The summed E-state index contributed by atoms with van der Waals surface area (Å²) in [5.74, 6) is 0.972. The van der Waals surface area contributed by atoms with Gasteiger partial charge in [-0.25, -0.2) is 4.79 Å². The number of benzene rings is 2. The van der Waals surface area contributed by atoms with Crippen molar-refractivity contribution in [2.24, 2.45) is 0 Å². The third-order valence-corrected chi connectivity index (χ3v) is 3.34. The quantitative estimate of drug-likeness (QED) is 0.419.